The van der Waals surface area contributed by atoms with E-state index in [1.165, 1.54) is 18.2 Å². The van der Waals surface area contributed by atoms with E-state index in [0.29, 0.717) is 0 Å². The normalized spacial score (nSPS) is 31.5. The van der Waals surface area contributed by atoms with Gasteiger partial charge in [0, 0.05) is 17.7 Å². The molecule has 3 fully saturated rings. The van der Waals surface area contributed by atoms with Crippen LogP contribution in [0.25, 0.3) is 10.8 Å². The summed E-state index contributed by atoms with van der Waals surface area (Å²) in [4.78, 5) is 26.9. The minimum Gasteiger partial charge on any atom is -0.508 e. The van der Waals surface area contributed by atoms with E-state index in [9.17, 15) is 70.9 Å². The average molecular weight is 1030 g/mol. The van der Waals surface area contributed by atoms with E-state index < -0.39 is 148 Å². The summed E-state index contributed by atoms with van der Waals surface area (Å²) in [5.74, 6) is -3.10. The zero-order valence-electron chi connectivity index (χ0n) is 40.0. The molecular formula is C52H66O21. The second-order valence-corrected chi connectivity index (χ2v) is 17.8. The largest absolute Gasteiger partial charge is 0.508 e. The highest BCUT2D eigenvalue weighted by Crippen LogP contribution is 2.43. The first-order valence-electron chi connectivity index (χ1n) is 24.0. The highest BCUT2D eigenvalue weighted by atomic mass is 16.8. The maximum absolute atomic E-state index is 13.6. The van der Waals surface area contributed by atoms with E-state index in [2.05, 4.69) is 6.92 Å². The van der Waals surface area contributed by atoms with Crippen molar-refractivity contribution in [3.05, 3.63) is 120 Å². The van der Waals surface area contributed by atoms with Gasteiger partial charge < -0.3 is 94.4 Å². The number of esters is 2. The molecule has 3 aliphatic rings. The van der Waals surface area contributed by atoms with Crippen LogP contribution in [0, 0.1) is 0 Å². The minimum absolute atomic E-state index is 0.124. The average Bonchev–Trinajstić information content (AvgIpc) is 3.38. The molecule has 16 atom stereocenters. The molecule has 6 rings (SSSR count). The summed E-state index contributed by atoms with van der Waals surface area (Å²) < 4.78 is 41.2. The van der Waals surface area contributed by atoms with Gasteiger partial charge >= 0.3 is 11.9 Å². The maximum Gasteiger partial charge on any atom is 0.338 e. The van der Waals surface area contributed by atoms with E-state index in [0.717, 1.165) is 54.7 Å². The Morgan fingerprint density at radius 2 is 1.38 bits per heavy atom. The molecule has 21 heteroatoms. The summed E-state index contributed by atoms with van der Waals surface area (Å²) in [6.45, 7) is -1.28. The molecule has 3 saturated heterocycles. The Morgan fingerprint density at radius 1 is 0.685 bits per heavy atom. The number of aliphatic hydroxyl groups excluding tert-OH is 10. The van der Waals surface area contributed by atoms with Crippen LogP contribution in [0.1, 0.15) is 66.6 Å². The molecule has 0 aromatic heterocycles. The first-order chi connectivity index (χ1) is 35.1. The Labute approximate surface area is 420 Å². The fourth-order valence-electron chi connectivity index (χ4n) is 8.66. The number of rotatable bonds is 22. The molecular weight excluding hydrogens is 961 g/mol. The number of allylic oxidation sites excluding steroid dienone is 5. The number of unbranched alkanes of at least 4 members (excludes halogenated alkanes) is 3. The van der Waals surface area contributed by atoms with Gasteiger partial charge in [-0.25, -0.2) is 9.59 Å². The summed E-state index contributed by atoms with van der Waals surface area (Å²) >= 11 is 0. The molecule has 3 aromatic carbocycles. The van der Waals surface area contributed by atoms with E-state index in [1.54, 1.807) is 42.5 Å². The number of phenolic OH excluding ortho intramolecular Hbond substituents is 2. The Morgan fingerprint density at radius 3 is 2.11 bits per heavy atom. The van der Waals surface area contributed by atoms with Gasteiger partial charge in [0.1, 0.15) is 91.4 Å². The van der Waals surface area contributed by atoms with Gasteiger partial charge in [0.2, 0.25) is 0 Å². The summed E-state index contributed by atoms with van der Waals surface area (Å²) in [5, 5.41) is 131. The van der Waals surface area contributed by atoms with Crippen molar-refractivity contribution < 1.29 is 104 Å². The molecule has 0 saturated carbocycles. The minimum atomic E-state index is -2.11. The molecule has 3 aliphatic heterocycles. The third-order valence-electron chi connectivity index (χ3n) is 12.6. The Hall–Kier alpha value is -5.18. The third-order valence-corrected chi connectivity index (χ3v) is 12.6. The SMILES string of the molecule is CCCCC/C=C/C=C/[C@@H](O)C/C=C/C=C/C(=O)O[C@@H]1[C@@H](O)[C@H](c2c(O)cc(O)cc2CO)O[C@H](CO)[C@H]1O[C@@H]1O[C@H](COC(=O)c2ccc3ccccc3c2)[C@H](O)[C@H](O)[C@H]1O[C@@H]1O[C@H](CO)[C@H](O)[C@H](O)[C@H]1O. The van der Waals surface area contributed by atoms with Crippen LogP contribution in [0.15, 0.2) is 103 Å². The third kappa shape index (κ3) is 14.6. The Balaban J connectivity index is 1.29. The van der Waals surface area contributed by atoms with Crippen LogP contribution in [-0.2, 0) is 44.6 Å². The lowest BCUT2D eigenvalue weighted by atomic mass is 9.88. The lowest BCUT2D eigenvalue weighted by Crippen LogP contribution is -2.66. The second-order valence-electron chi connectivity index (χ2n) is 17.8. The quantitative estimate of drug-likeness (QED) is 0.0288. The molecule has 3 heterocycles. The standard InChI is InChI=1S/C52H66O21/c1-2-3-4-5-6-7-9-16-32(56)17-10-8-11-18-38(59)71-48-45(65)47(39-31(24-53)22-33(57)23-34(39)58)68-36(26-55)46(48)72-52-49(73-51-44(64)42(62)40(60)35(25-54)69-51)43(63)41(61)37(70-52)27-67-50(66)30-20-19-28-14-12-13-15-29(28)21-30/h6-16,18-23,32,35-37,40-49,51-58,60-65H,2-5,17,24-27H2,1H3/b7-6+,10-8+,16-9+,18-11+/t32-,35-,36-,37-,40+,41+,42+,43+,44-,45+,46-,47+,48-,49-,51+,52+/m1/s1. The molecule has 0 bridgehead atoms. The zero-order chi connectivity index (χ0) is 52.8. The van der Waals surface area contributed by atoms with Crippen LogP contribution in [0.3, 0.4) is 0 Å². The van der Waals surface area contributed by atoms with Crippen LogP contribution < -0.4 is 0 Å². The number of hydrogen-bond acceptors (Lipinski definition) is 21. The van der Waals surface area contributed by atoms with Crippen molar-refractivity contribution >= 4 is 22.7 Å². The first kappa shape index (κ1) is 57.1. The number of ether oxygens (including phenoxy) is 7. The van der Waals surface area contributed by atoms with Crippen molar-refractivity contribution in [2.24, 2.45) is 0 Å². The van der Waals surface area contributed by atoms with Gasteiger partial charge in [0.05, 0.1) is 31.5 Å². The van der Waals surface area contributed by atoms with Crippen LogP contribution in [0.2, 0.25) is 0 Å². The summed E-state index contributed by atoms with van der Waals surface area (Å²) in [7, 11) is 0. The van der Waals surface area contributed by atoms with Crippen molar-refractivity contribution in [1.29, 1.82) is 0 Å². The van der Waals surface area contributed by atoms with Crippen molar-refractivity contribution in [2.45, 2.75) is 144 Å². The number of carbonyl (C=O) groups excluding carboxylic acids is 2. The molecule has 21 nitrogen and oxygen atoms in total. The van der Waals surface area contributed by atoms with E-state index in [-0.39, 0.29) is 23.1 Å². The monoisotopic (exact) mass is 1030 g/mol. The number of aliphatic hydroxyl groups is 10. The van der Waals surface area contributed by atoms with Gasteiger partial charge in [0.15, 0.2) is 18.7 Å². The van der Waals surface area contributed by atoms with E-state index >= 15 is 0 Å². The lowest BCUT2D eigenvalue weighted by molar-refractivity contribution is -0.382. The summed E-state index contributed by atoms with van der Waals surface area (Å²) in [6, 6.07) is 14.0. The molecule has 400 valence electrons. The van der Waals surface area contributed by atoms with E-state index in [1.807, 2.05) is 24.3 Å². The molecule has 0 amide bonds. The second kappa shape index (κ2) is 27.4. The molecule has 0 aliphatic carbocycles. The predicted molar refractivity (Wildman–Crippen MR) is 256 cm³/mol. The number of phenols is 2. The lowest BCUT2D eigenvalue weighted by Gasteiger charge is -2.49. The van der Waals surface area contributed by atoms with Gasteiger partial charge in [-0.3, -0.25) is 0 Å². The molecule has 73 heavy (non-hydrogen) atoms. The van der Waals surface area contributed by atoms with Crippen molar-refractivity contribution in [1.82, 2.24) is 0 Å². The number of carbonyl (C=O) groups is 2. The highest BCUT2D eigenvalue weighted by Gasteiger charge is 2.55. The topological polar surface area (TPSA) is 342 Å². The molecule has 0 spiro atoms. The van der Waals surface area contributed by atoms with Crippen molar-refractivity contribution in [2.75, 3.05) is 19.8 Å². The van der Waals surface area contributed by atoms with E-state index in [4.69, 9.17) is 33.2 Å². The predicted octanol–water partition coefficient (Wildman–Crippen LogP) is 0.878. The number of benzene rings is 3. The van der Waals surface area contributed by atoms with Gasteiger partial charge in [-0.2, -0.15) is 0 Å². The van der Waals surface area contributed by atoms with Crippen LogP contribution in [0.4, 0.5) is 0 Å². The molecule has 0 radical (unpaired) electrons. The van der Waals surface area contributed by atoms with Crippen molar-refractivity contribution in [3.8, 4) is 11.5 Å². The highest BCUT2D eigenvalue weighted by molar-refractivity contribution is 5.95. The van der Waals surface area contributed by atoms with Crippen LogP contribution in [-0.4, -0.2) is 185 Å². The van der Waals surface area contributed by atoms with Crippen molar-refractivity contribution in [3.63, 3.8) is 0 Å². The Kier molecular flexibility index (Phi) is 21.4. The fourth-order valence-corrected chi connectivity index (χ4v) is 8.66. The number of hydrogen-bond donors (Lipinski definition) is 12. The van der Waals surface area contributed by atoms with Gasteiger partial charge in [-0.15, -0.1) is 0 Å². The Bertz CT molecular complexity index is 2370. The van der Waals surface area contributed by atoms with Crippen LogP contribution in [0.5, 0.6) is 11.5 Å². The molecule has 0 unspecified atom stereocenters. The summed E-state index contributed by atoms with van der Waals surface area (Å²) in [6.07, 6.45) is -12.3. The van der Waals surface area contributed by atoms with Gasteiger partial charge in [0.25, 0.3) is 0 Å². The molecule has 12 N–H and O–H groups in total. The van der Waals surface area contributed by atoms with Crippen LogP contribution >= 0.6 is 0 Å². The summed E-state index contributed by atoms with van der Waals surface area (Å²) in [5.41, 5.74) is -0.276. The first-order valence-corrected chi connectivity index (χ1v) is 24.0. The number of aromatic hydroxyl groups is 2. The smallest absolute Gasteiger partial charge is 0.338 e. The molecule has 3 aromatic rings. The fraction of sp³-hybridized carbons (Fsp3) is 0.500. The number of fused-ring (bicyclic) bond motifs is 1. The van der Waals surface area contributed by atoms with Gasteiger partial charge in [-0.05, 0) is 53.8 Å². The maximum atomic E-state index is 13.6. The zero-order valence-corrected chi connectivity index (χ0v) is 40.0. The van der Waals surface area contributed by atoms with Gasteiger partial charge in [-0.1, -0.05) is 92.6 Å².